The Kier molecular flexibility index (Phi) is 7.14. The lowest BCUT2D eigenvalue weighted by Crippen LogP contribution is -2.20. The lowest BCUT2D eigenvalue weighted by atomic mass is 10.1. The molecule has 140 valence electrons. The van der Waals surface area contributed by atoms with E-state index in [-0.39, 0.29) is 0 Å². The predicted molar refractivity (Wildman–Crippen MR) is 103 cm³/mol. The Morgan fingerprint density at radius 2 is 1.81 bits per heavy atom. The van der Waals surface area contributed by atoms with Crippen LogP contribution in [0.25, 0.3) is 6.08 Å². The van der Waals surface area contributed by atoms with Crippen LogP contribution in [0, 0.1) is 6.92 Å². The monoisotopic (exact) mass is 387 g/mol. The number of anilines is 1. The molecular formula is C20H18ClNO5. The van der Waals surface area contributed by atoms with Gasteiger partial charge in [-0.05, 0) is 48.4 Å². The van der Waals surface area contributed by atoms with Crippen LogP contribution in [0.4, 0.5) is 5.69 Å². The third-order valence-corrected chi connectivity index (χ3v) is 3.80. The maximum atomic E-state index is 11.9. The summed E-state index contributed by atoms with van der Waals surface area (Å²) < 4.78 is 9.51. The zero-order valence-electron chi connectivity index (χ0n) is 14.8. The summed E-state index contributed by atoms with van der Waals surface area (Å²) in [6, 6.07) is 11.6. The molecule has 0 bridgehead atoms. The van der Waals surface area contributed by atoms with E-state index in [1.165, 1.54) is 19.3 Å². The van der Waals surface area contributed by atoms with Gasteiger partial charge in [-0.1, -0.05) is 29.8 Å². The average Bonchev–Trinajstić information content (AvgIpc) is 2.67. The van der Waals surface area contributed by atoms with Gasteiger partial charge < -0.3 is 14.8 Å². The van der Waals surface area contributed by atoms with E-state index in [1.54, 1.807) is 42.5 Å². The van der Waals surface area contributed by atoms with Gasteiger partial charge in [0, 0.05) is 16.8 Å². The van der Waals surface area contributed by atoms with Crippen LogP contribution in [0.1, 0.15) is 21.5 Å². The number of hydrogen-bond donors (Lipinski definition) is 1. The lowest BCUT2D eigenvalue weighted by Gasteiger charge is -2.08. The largest absolute Gasteiger partial charge is 0.465 e. The van der Waals surface area contributed by atoms with Crippen molar-refractivity contribution in [2.24, 2.45) is 0 Å². The number of halogens is 1. The molecule has 0 spiro atoms. The summed E-state index contributed by atoms with van der Waals surface area (Å²) in [6.07, 6.45) is 2.72. The number of rotatable bonds is 6. The number of nitrogens with one attached hydrogen (secondary N) is 1. The summed E-state index contributed by atoms with van der Waals surface area (Å²) in [5.41, 5.74) is 2.50. The fourth-order valence-electron chi connectivity index (χ4n) is 2.11. The van der Waals surface area contributed by atoms with Gasteiger partial charge >= 0.3 is 11.9 Å². The van der Waals surface area contributed by atoms with Gasteiger partial charge in [0.15, 0.2) is 6.61 Å². The SMILES string of the molecule is COC(=O)c1ccc(/C=C/C(=O)OCC(=O)Nc2cc(Cl)ccc2C)cc1. The van der Waals surface area contributed by atoms with E-state index in [2.05, 4.69) is 10.1 Å². The maximum Gasteiger partial charge on any atom is 0.337 e. The van der Waals surface area contributed by atoms with Crippen molar-refractivity contribution in [2.75, 3.05) is 19.0 Å². The molecule has 0 saturated carbocycles. The summed E-state index contributed by atoms with van der Waals surface area (Å²) in [5.74, 6) is -1.57. The molecule has 6 nitrogen and oxygen atoms in total. The normalized spacial score (nSPS) is 10.5. The molecule has 0 saturated heterocycles. The van der Waals surface area contributed by atoms with Crippen LogP contribution in [-0.4, -0.2) is 31.6 Å². The van der Waals surface area contributed by atoms with Crippen molar-refractivity contribution < 1.29 is 23.9 Å². The highest BCUT2D eigenvalue weighted by Gasteiger charge is 2.08. The van der Waals surface area contributed by atoms with Crippen LogP contribution < -0.4 is 5.32 Å². The van der Waals surface area contributed by atoms with E-state index in [0.717, 1.165) is 5.56 Å². The smallest absolute Gasteiger partial charge is 0.337 e. The number of aryl methyl sites for hydroxylation is 1. The molecule has 0 heterocycles. The molecule has 0 aromatic heterocycles. The summed E-state index contributed by atoms with van der Waals surface area (Å²) in [6.45, 7) is 1.41. The molecule has 0 fully saturated rings. The van der Waals surface area contributed by atoms with E-state index in [1.807, 2.05) is 6.92 Å². The Hall–Kier alpha value is -3.12. The number of carbonyl (C=O) groups is 3. The van der Waals surface area contributed by atoms with Crippen LogP contribution >= 0.6 is 11.6 Å². The molecule has 2 aromatic carbocycles. The van der Waals surface area contributed by atoms with Crippen LogP contribution in [0.2, 0.25) is 5.02 Å². The van der Waals surface area contributed by atoms with Crippen molar-refractivity contribution in [3.8, 4) is 0 Å². The topological polar surface area (TPSA) is 81.7 Å². The Morgan fingerprint density at radius 1 is 1.11 bits per heavy atom. The van der Waals surface area contributed by atoms with Gasteiger partial charge in [-0.2, -0.15) is 0 Å². The first kappa shape index (κ1) is 20.2. The van der Waals surface area contributed by atoms with E-state index >= 15 is 0 Å². The summed E-state index contributed by atoms with van der Waals surface area (Å²) in [5, 5.41) is 3.13. The second kappa shape index (κ2) is 9.54. The molecule has 0 aliphatic rings. The molecule has 2 rings (SSSR count). The third-order valence-electron chi connectivity index (χ3n) is 3.56. The number of carbonyl (C=O) groups excluding carboxylic acids is 3. The first-order valence-corrected chi connectivity index (χ1v) is 8.36. The van der Waals surface area contributed by atoms with Gasteiger partial charge in [0.2, 0.25) is 0 Å². The second-order valence-corrected chi connectivity index (χ2v) is 6.00. The van der Waals surface area contributed by atoms with Crippen molar-refractivity contribution in [3.63, 3.8) is 0 Å². The number of amides is 1. The molecule has 0 aliphatic carbocycles. The molecule has 0 radical (unpaired) electrons. The Bertz CT molecular complexity index is 874. The fraction of sp³-hybridized carbons (Fsp3) is 0.150. The Morgan fingerprint density at radius 3 is 2.48 bits per heavy atom. The fourth-order valence-corrected chi connectivity index (χ4v) is 2.28. The highest BCUT2D eigenvalue weighted by Crippen LogP contribution is 2.20. The maximum absolute atomic E-state index is 11.9. The van der Waals surface area contributed by atoms with Crippen LogP contribution in [0.3, 0.4) is 0 Å². The minimum absolute atomic E-state index is 0.408. The second-order valence-electron chi connectivity index (χ2n) is 5.56. The summed E-state index contributed by atoms with van der Waals surface area (Å²) in [7, 11) is 1.30. The van der Waals surface area contributed by atoms with Gasteiger partial charge in [-0.3, -0.25) is 4.79 Å². The van der Waals surface area contributed by atoms with Crippen molar-refractivity contribution >= 4 is 41.2 Å². The summed E-state index contributed by atoms with van der Waals surface area (Å²) >= 11 is 5.89. The molecule has 27 heavy (non-hydrogen) atoms. The predicted octanol–water partition coefficient (Wildman–Crippen LogP) is 3.63. The number of methoxy groups -OCH3 is 1. The lowest BCUT2D eigenvalue weighted by molar-refractivity contribution is -0.142. The van der Waals surface area contributed by atoms with E-state index < -0.39 is 24.5 Å². The molecule has 0 unspecified atom stereocenters. The molecule has 2 aromatic rings. The highest BCUT2D eigenvalue weighted by molar-refractivity contribution is 6.31. The Balaban J connectivity index is 1.84. The number of ether oxygens (including phenoxy) is 2. The molecule has 1 amide bonds. The zero-order valence-corrected chi connectivity index (χ0v) is 15.6. The van der Waals surface area contributed by atoms with E-state index in [9.17, 15) is 14.4 Å². The third kappa shape index (κ3) is 6.27. The first-order valence-electron chi connectivity index (χ1n) is 7.98. The number of esters is 2. The van der Waals surface area contributed by atoms with Crippen molar-refractivity contribution in [1.82, 2.24) is 0 Å². The minimum Gasteiger partial charge on any atom is -0.465 e. The molecule has 1 N–H and O–H groups in total. The van der Waals surface area contributed by atoms with Gasteiger partial charge in [-0.15, -0.1) is 0 Å². The van der Waals surface area contributed by atoms with Crippen LogP contribution in [0.15, 0.2) is 48.5 Å². The van der Waals surface area contributed by atoms with Gasteiger partial charge in [0.05, 0.1) is 12.7 Å². The average molecular weight is 388 g/mol. The standard InChI is InChI=1S/C20H18ClNO5/c1-13-3-9-16(21)11-17(13)22-18(23)12-27-19(24)10-6-14-4-7-15(8-5-14)20(25)26-2/h3-11H,12H2,1-2H3,(H,22,23)/b10-6+. The number of benzene rings is 2. The van der Waals surface area contributed by atoms with Crippen molar-refractivity contribution in [3.05, 3.63) is 70.3 Å². The highest BCUT2D eigenvalue weighted by atomic mass is 35.5. The van der Waals surface area contributed by atoms with Gasteiger partial charge in [0.1, 0.15) is 0 Å². The number of hydrogen-bond acceptors (Lipinski definition) is 5. The van der Waals surface area contributed by atoms with E-state index in [0.29, 0.717) is 21.8 Å². The minimum atomic E-state index is -0.662. The summed E-state index contributed by atoms with van der Waals surface area (Å²) in [4.78, 5) is 35.0. The van der Waals surface area contributed by atoms with Crippen LogP contribution in [0.5, 0.6) is 0 Å². The first-order chi connectivity index (χ1) is 12.9. The molecule has 0 atom stereocenters. The van der Waals surface area contributed by atoms with Crippen LogP contribution in [-0.2, 0) is 19.1 Å². The van der Waals surface area contributed by atoms with Crippen molar-refractivity contribution in [1.29, 1.82) is 0 Å². The molecule has 7 heteroatoms. The molecular weight excluding hydrogens is 370 g/mol. The Labute approximate surface area is 161 Å². The molecule has 0 aliphatic heterocycles. The van der Waals surface area contributed by atoms with Gasteiger partial charge in [0.25, 0.3) is 5.91 Å². The zero-order chi connectivity index (χ0) is 19.8. The quantitative estimate of drug-likeness (QED) is 0.604. The van der Waals surface area contributed by atoms with Crippen molar-refractivity contribution in [2.45, 2.75) is 6.92 Å². The van der Waals surface area contributed by atoms with Gasteiger partial charge in [-0.25, -0.2) is 9.59 Å². The van der Waals surface area contributed by atoms with E-state index in [4.69, 9.17) is 16.3 Å².